The fraction of sp³-hybridized carbons (Fsp3) is 0.435. The number of amides is 1. The lowest BCUT2D eigenvalue weighted by Gasteiger charge is -2.50. The topological polar surface area (TPSA) is 116 Å². The normalized spacial score (nSPS) is 21.2. The summed E-state index contributed by atoms with van der Waals surface area (Å²) < 4.78 is 21.7. The Hall–Kier alpha value is -2.62. The molecular formula is C23H29N5O3S. The number of anilines is 1. The second-order valence-electron chi connectivity index (χ2n) is 9.78. The molecule has 2 aromatic heterocycles. The number of nitrogens with one attached hydrogen (secondary N) is 2. The molecule has 0 saturated carbocycles. The SMILES string of the molecule is CC1(C)CCc2c(C(=O)Nc3cnn(C(c4ccccc4)C4CS(O)(O)C4)c3)n[nH]c2C1. The average Bonchev–Trinajstić information content (AvgIpc) is 3.33. The van der Waals surface area contributed by atoms with Crippen molar-refractivity contribution in [1.29, 1.82) is 0 Å². The fourth-order valence-electron chi connectivity index (χ4n) is 4.89. The second kappa shape index (κ2) is 7.75. The van der Waals surface area contributed by atoms with Crippen LogP contribution in [0.1, 0.15) is 53.6 Å². The highest BCUT2D eigenvalue weighted by Crippen LogP contribution is 2.56. The molecule has 0 spiro atoms. The number of carbonyl (C=O) groups is 1. The first-order chi connectivity index (χ1) is 15.2. The van der Waals surface area contributed by atoms with Crippen LogP contribution in [0.2, 0.25) is 0 Å². The minimum atomic E-state index is -2.47. The molecule has 5 rings (SSSR count). The number of fused-ring (bicyclic) bond motifs is 1. The molecule has 170 valence electrons. The summed E-state index contributed by atoms with van der Waals surface area (Å²) in [6, 6.07) is 9.80. The maximum Gasteiger partial charge on any atom is 0.276 e. The Labute approximate surface area is 188 Å². The molecule has 1 unspecified atom stereocenters. The Balaban J connectivity index is 1.35. The predicted octanol–water partition coefficient (Wildman–Crippen LogP) is 4.34. The van der Waals surface area contributed by atoms with Crippen molar-refractivity contribution in [2.24, 2.45) is 11.3 Å². The van der Waals surface area contributed by atoms with E-state index in [1.807, 2.05) is 41.2 Å². The van der Waals surface area contributed by atoms with Gasteiger partial charge in [0.1, 0.15) is 0 Å². The number of hydrogen-bond acceptors (Lipinski definition) is 5. The van der Waals surface area contributed by atoms with Gasteiger partial charge in [-0.05, 0) is 30.2 Å². The number of rotatable bonds is 5. The maximum absolute atomic E-state index is 13.0. The largest absolute Gasteiger partial charge is 0.318 e. The first-order valence-corrected chi connectivity index (χ1v) is 12.8. The Morgan fingerprint density at radius 3 is 2.75 bits per heavy atom. The molecule has 2 aliphatic rings. The zero-order chi connectivity index (χ0) is 22.5. The third-order valence-electron chi connectivity index (χ3n) is 6.57. The van der Waals surface area contributed by atoms with Crippen LogP contribution in [0.3, 0.4) is 0 Å². The molecule has 0 bridgehead atoms. The summed E-state index contributed by atoms with van der Waals surface area (Å²) in [5.74, 6) is 0.566. The smallest absolute Gasteiger partial charge is 0.276 e. The van der Waals surface area contributed by atoms with Gasteiger partial charge in [-0.3, -0.25) is 23.7 Å². The van der Waals surface area contributed by atoms with E-state index >= 15 is 0 Å². The lowest BCUT2D eigenvalue weighted by atomic mass is 9.76. The van der Waals surface area contributed by atoms with Gasteiger partial charge in [0.05, 0.1) is 17.9 Å². The van der Waals surface area contributed by atoms with E-state index in [2.05, 4.69) is 34.5 Å². The van der Waals surface area contributed by atoms with Crippen LogP contribution in [0, 0.1) is 11.3 Å². The summed E-state index contributed by atoms with van der Waals surface area (Å²) >= 11 is 0. The van der Waals surface area contributed by atoms with Gasteiger partial charge in [0, 0.05) is 34.9 Å². The average molecular weight is 456 g/mol. The molecule has 1 saturated heterocycles. The molecule has 1 amide bonds. The van der Waals surface area contributed by atoms with Crippen molar-refractivity contribution in [3.8, 4) is 0 Å². The Kier molecular flexibility index (Phi) is 5.15. The third-order valence-corrected chi connectivity index (χ3v) is 8.49. The van der Waals surface area contributed by atoms with Gasteiger partial charge < -0.3 is 5.32 Å². The van der Waals surface area contributed by atoms with E-state index in [1.165, 1.54) is 0 Å². The second-order valence-corrected chi connectivity index (χ2v) is 12.1. The van der Waals surface area contributed by atoms with Crippen LogP contribution in [0.15, 0.2) is 42.7 Å². The number of aromatic amines is 1. The van der Waals surface area contributed by atoms with Crippen LogP contribution in [0.4, 0.5) is 5.69 Å². The van der Waals surface area contributed by atoms with E-state index in [1.54, 1.807) is 6.20 Å². The van der Waals surface area contributed by atoms with Gasteiger partial charge in [-0.25, -0.2) is 0 Å². The van der Waals surface area contributed by atoms with Gasteiger partial charge in [0.25, 0.3) is 5.91 Å². The van der Waals surface area contributed by atoms with Crippen molar-refractivity contribution in [3.63, 3.8) is 0 Å². The van der Waals surface area contributed by atoms with Gasteiger partial charge in [0.2, 0.25) is 0 Å². The minimum Gasteiger partial charge on any atom is -0.318 e. The van der Waals surface area contributed by atoms with Crippen LogP contribution < -0.4 is 5.32 Å². The van der Waals surface area contributed by atoms with Crippen molar-refractivity contribution in [2.75, 3.05) is 16.8 Å². The zero-order valence-corrected chi connectivity index (χ0v) is 19.1. The molecule has 1 fully saturated rings. The highest BCUT2D eigenvalue weighted by atomic mass is 32.3. The molecular weight excluding hydrogens is 426 g/mol. The summed E-state index contributed by atoms with van der Waals surface area (Å²) in [7, 11) is -2.47. The van der Waals surface area contributed by atoms with Gasteiger partial charge in [0.15, 0.2) is 5.69 Å². The third kappa shape index (κ3) is 4.07. The number of carbonyl (C=O) groups excluding carboxylic acids is 1. The molecule has 1 aliphatic heterocycles. The lowest BCUT2D eigenvalue weighted by molar-refractivity contribution is 0.102. The molecule has 3 aromatic rings. The van der Waals surface area contributed by atoms with Gasteiger partial charge >= 0.3 is 0 Å². The van der Waals surface area contributed by atoms with Gasteiger partial charge in [-0.2, -0.15) is 20.8 Å². The van der Waals surface area contributed by atoms with Crippen molar-refractivity contribution in [2.45, 2.75) is 39.2 Å². The monoisotopic (exact) mass is 455 g/mol. The molecule has 0 radical (unpaired) electrons. The minimum absolute atomic E-state index is 0.0764. The van der Waals surface area contributed by atoms with E-state index in [9.17, 15) is 13.9 Å². The number of H-pyrrole nitrogens is 1. The van der Waals surface area contributed by atoms with Crippen molar-refractivity contribution in [3.05, 3.63) is 65.2 Å². The summed E-state index contributed by atoms with van der Waals surface area (Å²) in [5.41, 5.74) is 4.37. The van der Waals surface area contributed by atoms with E-state index in [4.69, 9.17) is 0 Å². The highest BCUT2D eigenvalue weighted by molar-refractivity contribution is 8.25. The quantitative estimate of drug-likeness (QED) is 0.457. The number of benzene rings is 1. The summed E-state index contributed by atoms with van der Waals surface area (Å²) in [5, 5.41) is 14.8. The molecule has 9 heteroatoms. The van der Waals surface area contributed by atoms with E-state index in [-0.39, 0.29) is 23.3 Å². The fourth-order valence-corrected chi connectivity index (χ4v) is 6.53. The van der Waals surface area contributed by atoms with E-state index in [0.29, 0.717) is 22.9 Å². The molecule has 4 N–H and O–H groups in total. The molecule has 1 atom stereocenters. The Bertz CT molecular complexity index is 1130. The Morgan fingerprint density at radius 2 is 2.03 bits per heavy atom. The Morgan fingerprint density at radius 1 is 1.28 bits per heavy atom. The predicted molar refractivity (Wildman–Crippen MR) is 125 cm³/mol. The van der Waals surface area contributed by atoms with Crippen LogP contribution in [-0.2, 0) is 12.8 Å². The van der Waals surface area contributed by atoms with Crippen LogP contribution in [0.5, 0.6) is 0 Å². The molecule has 1 aromatic carbocycles. The molecule has 3 heterocycles. The highest BCUT2D eigenvalue weighted by Gasteiger charge is 2.41. The standard InChI is InChI=1S/C23H29N5O3S/c1-23(2)9-8-18-19(10-23)26-27-20(18)22(29)25-17-11-24-28(12-17)21(15-6-4-3-5-7-15)16-13-32(30,31)14-16/h3-7,11-12,16,21,30-31H,8-10,13-14H2,1-2H3,(H,25,29)(H,26,27). The van der Waals surface area contributed by atoms with Crippen LogP contribution >= 0.6 is 10.6 Å². The number of nitrogens with zero attached hydrogens (tertiary/aromatic N) is 3. The maximum atomic E-state index is 13.0. The zero-order valence-electron chi connectivity index (χ0n) is 18.3. The first kappa shape index (κ1) is 21.2. The molecule has 1 aliphatic carbocycles. The summed E-state index contributed by atoms with van der Waals surface area (Å²) in [6.45, 7) is 4.46. The van der Waals surface area contributed by atoms with Gasteiger partial charge in [-0.15, -0.1) is 0 Å². The lowest BCUT2D eigenvalue weighted by Crippen LogP contribution is -2.39. The first-order valence-electron chi connectivity index (χ1n) is 10.9. The molecule has 32 heavy (non-hydrogen) atoms. The number of aromatic nitrogens is 4. The van der Waals surface area contributed by atoms with Crippen LogP contribution in [0.25, 0.3) is 0 Å². The summed E-state index contributed by atoms with van der Waals surface area (Å²) in [4.78, 5) is 13.0. The van der Waals surface area contributed by atoms with Crippen molar-refractivity contribution >= 4 is 22.2 Å². The van der Waals surface area contributed by atoms with Crippen molar-refractivity contribution in [1.82, 2.24) is 20.0 Å². The van der Waals surface area contributed by atoms with Crippen LogP contribution in [-0.4, -0.2) is 46.5 Å². The number of hydrogen-bond donors (Lipinski definition) is 4. The van der Waals surface area contributed by atoms with Gasteiger partial charge in [-0.1, -0.05) is 44.2 Å². The summed E-state index contributed by atoms with van der Waals surface area (Å²) in [6.07, 6.45) is 6.19. The van der Waals surface area contributed by atoms with Crippen molar-refractivity contribution < 1.29 is 13.9 Å². The van der Waals surface area contributed by atoms with E-state index in [0.717, 1.165) is 36.1 Å². The molecule has 8 nitrogen and oxygen atoms in total. The van der Waals surface area contributed by atoms with E-state index < -0.39 is 10.6 Å².